The van der Waals surface area contributed by atoms with Crippen LogP contribution in [0.2, 0.25) is 10.0 Å². The van der Waals surface area contributed by atoms with E-state index in [1.807, 2.05) is 55.5 Å². The van der Waals surface area contributed by atoms with Gasteiger partial charge in [-0.15, -0.1) is 0 Å². The van der Waals surface area contributed by atoms with Gasteiger partial charge in [-0.05, 0) is 31.2 Å². The summed E-state index contributed by atoms with van der Waals surface area (Å²) in [5.74, 6) is 1.98. The lowest BCUT2D eigenvalue weighted by Crippen LogP contribution is -2.01. The third-order valence-corrected chi connectivity index (χ3v) is 3.92. The Morgan fingerprint density at radius 1 is 0.826 bits per heavy atom. The quantitative estimate of drug-likeness (QED) is 0.648. The number of aromatic nitrogens is 2. The number of para-hydroxylation sites is 1. The van der Waals surface area contributed by atoms with Gasteiger partial charge in [0.15, 0.2) is 0 Å². The SMILES string of the molecule is Cc1nc(Nc2ccccc2)cc(Nc2cccc(Cl)c2Cl)n1. The van der Waals surface area contributed by atoms with Crippen LogP contribution in [0.3, 0.4) is 0 Å². The van der Waals surface area contributed by atoms with Crippen LogP contribution in [0.5, 0.6) is 0 Å². The third kappa shape index (κ3) is 3.92. The summed E-state index contributed by atoms with van der Waals surface area (Å²) in [6.45, 7) is 1.83. The molecule has 6 heteroatoms. The van der Waals surface area contributed by atoms with E-state index < -0.39 is 0 Å². The first-order valence-corrected chi connectivity index (χ1v) is 7.76. The van der Waals surface area contributed by atoms with Crippen LogP contribution in [0.25, 0.3) is 0 Å². The summed E-state index contributed by atoms with van der Waals surface area (Å²) >= 11 is 12.2. The number of nitrogens with zero attached hydrogens (tertiary/aromatic N) is 2. The maximum atomic E-state index is 6.20. The highest BCUT2D eigenvalue weighted by molar-refractivity contribution is 6.43. The Morgan fingerprint density at radius 3 is 2.26 bits per heavy atom. The highest BCUT2D eigenvalue weighted by Gasteiger charge is 2.07. The van der Waals surface area contributed by atoms with E-state index in [1.54, 1.807) is 6.07 Å². The number of halogens is 2. The van der Waals surface area contributed by atoms with Crippen molar-refractivity contribution in [1.82, 2.24) is 9.97 Å². The molecule has 2 N–H and O–H groups in total. The number of aryl methyl sites for hydroxylation is 1. The third-order valence-electron chi connectivity index (χ3n) is 3.10. The topological polar surface area (TPSA) is 49.8 Å². The molecule has 2 aromatic carbocycles. The van der Waals surface area contributed by atoms with Crippen LogP contribution in [0, 0.1) is 6.92 Å². The summed E-state index contributed by atoms with van der Waals surface area (Å²) in [6, 6.07) is 17.0. The Bertz CT molecular complexity index is 822. The monoisotopic (exact) mass is 344 g/mol. The molecule has 4 nitrogen and oxygen atoms in total. The zero-order valence-electron chi connectivity index (χ0n) is 12.3. The molecular weight excluding hydrogens is 331 g/mol. The van der Waals surface area contributed by atoms with Crippen LogP contribution < -0.4 is 10.6 Å². The van der Waals surface area contributed by atoms with Gasteiger partial charge in [0, 0.05) is 11.8 Å². The molecule has 0 fully saturated rings. The number of anilines is 4. The molecule has 0 radical (unpaired) electrons. The zero-order chi connectivity index (χ0) is 16.2. The Morgan fingerprint density at radius 2 is 1.52 bits per heavy atom. The molecule has 0 atom stereocenters. The molecule has 23 heavy (non-hydrogen) atoms. The van der Waals surface area contributed by atoms with E-state index in [0.717, 1.165) is 5.69 Å². The van der Waals surface area contributed by atoms with Gasteiger partial charge in [-0.1, -0.05) is 47.5 Å². The molecule has 0 aliphatic carbocycles. The Labute approximate surface area is 144 Å². The second-order valence-electron chi connectivity index (χ2n) is 4.90. The fourth-order valence-corrected chi connectivity index (χ4v) is 2.45. The number of hydrogen-bond donors (Lipinski definition) is 2. The van der Waals surface area contributed by atoms with Crippen LogP contribution in [-0.4, -0.2) is 9.97 Å². The van der Waals surface area contributed by atoms with Crippen molar-refractivity contribution in [2.75, 3.05) is 10.6 Å². The van der Waals surface area contributed by atoms with Crippen molar-refractivity contribution < 1.29 is 0 Å². The van der Waals surface area contributed by atoms with Gasteiger partial charge >= 0.3 is 0 Å². The van der Waals surface area contributed by atoms with Crippen LogP contribution in [0.15, 0.2) is 54.6 Å². The molecule has 0 saturated heterocycles. The maximum absolute atomic E-state index is 6.20. The molecule has 0 bridgehead atoms. The largest absolute Gasteiger partial charge is 0.340 e. The molecule has 0 unspecified atom stereocenters. The molecule has 3 aromatic rings. The van der Waals surface area contributed by atoms with Crippen molar-refractivity contribution in [3.63, 3.8) is 0 Å². The van der Waals surface area contributed by atoms with Crippen LogP contribution in [-0.2, 0) is 0 Å². The predicted molar refractivity (Wildman–Crippen MR) is 96.2 cm³/mol. The number of rotatable bonds is 4. The molecule has 3 rings (SSSR count). The van der Waals surface area contributed by atoms with Crippen molar-refractivity contribution in [3.8, 4) is 0 Å². The van der Waals surface area contributed by atoms with Gasteiger partial charge in [0.1, 0.15) is 17.5 Å². The molecule has 0 saturated carbocycles. The summed E-state index contributed by atoms with van der Waals surface area (Å²) in [4.78, 5) is 8.77. The van der Waals surface area contributed by atoms with Gasteiger partial charge < -0.3 is 10.6 Å². The van der Waals surface area contributed by atoms with Crippen molar-refractivity contribution >= 4 is 46.2 Å². The van der Waals surface area contributed by atoms with E-state index in [-0.39, 0.29) is 0 Å². The first-order chi connectivity index (χ1) is 11.1. The minimum absolute atomic E-state index is 0.461. The summed E-state index contributed by atoms with van der Waals surface area (Å²) in [5, 5.41) is 7.37. The lowest BCUT2D eigenvalue weighted by atomic mass is 10.3. The molecule has 116 valence electrons. The van der Waals surface area contributed by atoms with Crippen LogP contribution in [0.1, 0.15) is 5.82 Å². The first kappa shape index (κ1) is 15.6. The molecule has 0 amide bonds. The maximum Gasteiger partial charge on any atom is 0.136 e. The number of hydrogen-bond acceptors (Lipinski definition) is 4. The van der Waals surface area contributed by atoms with Crippen LogP contribution in [0.4, 0.5) is 23.0 Å². The van der Waals surface area contributed by atoms with Gasteiger partial charge in [-0.25, -0.2) is 9.97 Å². The minimum atomic E-state index is 0.461. The summed E-state index contributed by atoms with van der Waals surface area (Å²) in [7, 11) is 0. The van der Waals surface area contributed by atoms with Crippen molar-refractivity contribution in [1.29, 1.82) is 0 Å². The average Bonchev–Trinajstić information content (AvgIpc) is 2.52. The second kappa shape index (κ2) is 6.86. The van der Waals surface area contributed by atoms with E-state index in [9.17, 15) is 0 Å². The Kier molecular flexibility index (Phi) is 4.65. The van der Waals surface area contributed by atoms with E-state index >= 15 is 0 Å². The predicted octanol–water partition coefficient (Wildman–Crippen LogP) is 5.58. The molecule has 0 aliphatic heterocycles. The fraction of sp³-hybridized carbons (Fsp3) is 0.0588. The average molecular weight is 345 g/mol. The molecule has 0 aliphatic rings. The fourth-order valence-electron chi connectivity index (χ4n) is 2.10. The lowest BCUT2D eigenvalue weighted by molar-refractivity contribution is 1.06. The standard InChI is InChI=1S/C17H14Cl2N4/c1-11-20-15(22-12-6-3-2-4-7-12)10-16(21-11)23-14-9-5-8-13(18)17(14)19/h2-10H,1H3,(H2,20,21,22,23). The van der Waals surface area contributed by atoms with Gasteiger partial charge in [-0.3, -0.25) is 0 Å². The smallest absolute Gasteiger partial charge is 0.136 e. The molecular formula is C17H14Cl2N4. The van der Waals surface area contributed by atoms with Crippen molar-refractivity contribution in [2.45, 2.75) is 6.92 Å². The van der Waals surface area contributed by atoms with Crippen molar-refractivity contribution in [2.24, 2.45) is 0 Å². The lowest BCUT2D eigenvalue weighted by Gasteiger charge is -2.11. The summed E-state index contributed by atoms with van der Waals surface area (Å²) in [6.07, 6.45) is 0. The van der Waals surface area contributed by atoms with E-state index in [2.05, 4.69) is 20.6 Å². The number of nitrogens with one attached hydrogen (secondary N) is 2. The molecule has 0 spiro atoms. The summed E-state index contributed by atoms with van der Waals surface area (Å²) < 4.78 is 0. The Hall–Kier alpha value is -2.30. The highest BCUT2D eigenvalue weighted by atomic mass is 35.5. The highest BCUT2D eigenvalue weighted by Crippen LogP contribution is 2.31. The van der Waals surface area contributed by atoms with E-state index in [4.69, 9.17) is 23.2 Å². The molecule has 1 heterocycles. The zero-order valence-corrected chi connectivity index (χ0v) is 13.9. The van der Waals surface area contributed by atoms with Gasteiger partial charge in [0.05, 0.1) is 15.7 Å². The molecule has 1 aromatic heterocycles. The summed E-state index contributed by atoms with van der Waals surface area (Å²) in [5.41, 5.74) is 1.65. The van der Waals surface area contributed by atoms with Gasteiger partial charge in [0.2, 0.25) is 0 Å². The van der Waals surface area contributed by atoms with Gasteiger partial charge in [0.25, 0.3) is 0 Å². The Balaban J connectivity index is 1.87. The van der Waals surface area contributed by atoms with Crippen molar-refractivity contribution in [3.05, 3.63) is 70.5 Å². The number of benzene rings is 2. The normalized spacial score (nSPS) is 10.4. The van der Waals surface area contributed by atoms with Gasteiger partial charge in [-0.2, -0.15) is 0 Å². The van der Waals surface area contributed by atoms with E-state index in [1.165, 1.54) is 0 Å². The first-order valence-electron chi connectivity index (χ1n) is 7.00. The van der Waals surface area contributed by atoms with Crippen LogP contribution >= 0.6 is 23.2 Å². The van der Waals surface area contributed by atoms with E-state index in [0.29, 0.717) is 33.2 Å². The minimum Gasteiger partial charge on any atom is -0.340 e. The second-order valence-corrected chi connectivity index (χ2v) is 5.69.